The van der Waals surface area contributed by atoms with E-state index in [4.69, 9.17) is 0 Å². The van der Waals surface area contributed by atoms with Crippen molar-refractivity contribution in [1.29, 1.82) is 0 Å². The van der Waals surface area contributed by atoms with Gasteiger partial charge < -0.3 is 20.1 Å². The fourth-order valence-corrected chi connectivity index (χ4v) is 5.97. The van der Waals surface area contributed by atoms with Gasteiger partial charge in [0.15, 0.2) is 0 Å². The number of piperidine rings is 1. The van der Waals surface area contributed by atoms with Crippen molar-refractivity contribution in [2.24, 2.45) is 0 Å². The fraction of sp³-hybridized carbons (Fsp3) is 0.367. The van der Waals surface area contributed by atoms with Crippen LogP contribution in [0.3, 0.4) is 0 Å². The van der Waals surface area contributed by atoms with E-state index in [0.717, 1.165) is 90.5 Å². The van der Waals surface area contributed by atoms with Crippen LogP contribution in [0.2, 0.25) is 0 Å². The van der Waals surface area contributed by atoms with E-state index in [1.807, 2.05) is 48.2 Å². The van der Waals surface area contributed by atoms with E-state index in [-0.39, 0.29) is 11.8 Å². The quantitative estimate of drug-likeness (QED) is 0.501. The van der Waals surface area contributed by atoms with Crippen LogP contribution >= 0.6 is 0 Å². The number of aromatic nitrogens is 2. The summed E-state index contributed by atoms with van der Waals surface area (Å²) in [5, 5.41) is 3.02. The van der Waals surface area contributed by atoms with Crippen molar-refractivity contribution in [1.82, 2.24) is 19.8 Å². The maximum absolute atomic E-state index is 13.7. The van der Waals surface area contributed by atoms with Gasteiger partial charge >= 0.3 is 0 Å². The Morgan fingerprint density at radius 2 is 1.76 bits per heavy atom. The molecule has 1 saturated heterocycles. The highest BCUT2D eigenvalue weighted by Crippen LogP contribution is 2.40. The van der Waals surface area contributed by atoms with Crippen LogP contribution < -0.4 is 5.32 Å². The topological polar surface area (TPSA) is 81.3 Å². The summed E-state index contributed by atoms with van der Waals surface area (Å²) in [5.41, 5.74) is 7.80. The van der Waals surface area contributed by atoms with Crippen molar-refractivity contribution in [3.8, 4) is 11.1 Å². The normalized spacial score (nSPS) is 19.1. The average Bonchev–Trinajstić information content (AvgIpc) is 3.36. The minimum Gasteiger partial charge on any atom is -0.358 e. The number of carbonyl (C=O) groups is 2. The summed E-state index contributed by atoms with van der Waals surface area (Å²) < 4.78 is 0. The van der Waals surface area contributed by atoms with Crippen LogP contribution in [0.25, 0.3) is 22.8 Å². The number of hydrogen-bond donors (Lipinski definition) is 2. The summed E-state index contributed by atoms with van der Waals surface area (Å²) in [6, 6.07) is 9.82. The van der Waals surface area contributed by atoms with E-state index in [0.29, 0.717) is 5.57 Å². The number of benzene rings is 1. The molecule has 3 aliphatic rings. The maximum atomic E-state index is 13.7. The second-order valence-corrected chi connectivity index (χ2v) is 10.3. The van der Waals surface area contributed by atoms with Crippen molar-refractivity contribution >= 4 is 29.2 Å². The van der Waals surface area contributed by atoms with Gasteiger partial charge in [-0.25, -0.2) is 0 Å². The molecule has 2 amide bonds. The number of amides is 2. The van der Waals surface area contributed by atoms with E-state index < -0.39 is 0 Å². The molecule has 37 heavy (non-hydrogen) atoms. The molecule has 0 spiro atoms. The summed E-state index contributed by atoms with van der Waals surface area (Å²) in [6.45, 7) is 6.77. The Hall–Kier alpha value is -3.71. The smallest absolute Gasteiger partial charge is 0.256 e. The third-order valence-electron chi connectivity index (χ3n) is 7.96. The zero-order valence-corrected chi connectivity index (χ0v) is 21.3. The number of fused-ring (bicyclic) bond motifs is 2. The lowest BCUT2D eigenvalue weighted by Crippen LogP contribution is -2.40. The molecule has 2 N–H and O–H groups in total. The van der Waals surface area contributed by atoms with Crippen LogP contribution in [-0.4, -0.2) is 64.3 Å². The fourth-order valence-electron chi connectivity index (χ4n) is 5.97. The highest BCUT2D eigenvalue weighted by atomic mass is 16.2. The number of aromatic amines is 1. The largest absolute Gasteiger partial charge is 0.358 e. The summed E-state index contributed by atoms with van der Waals surface area (Å²) in [5.74, 6) is -0.0214. The minimum atomic E-state index is -0.129. The Labute approximate surface area is 217 Å². The van der Waals surface area contributed by atoms with E-state index >= 15 is 0 Å². The lowest BCUT2D eigenvalue weighted by Gasteiger charge is -2.29. The summed E-state index contributed by atoms with van der Waals surface area (Å²) in [4.78, 5) is 38.9. The summed E-state index contributed by atoms with van der Waals surface area (Å²) in [6.07, 6.45) is 11.0. The summed E-state index contributed by atoms with van der Waals surface area (Å²) in [7, 11) is 0. The van der Waals surface area contributed by atoms with Crippen LogP contribution in [0.15, 0.2) is 42.7 Å². The third kappa shape index (κ3) is 4.48. The van der Waals surface area contributed by atoms with Gasteiger partial charge in [-0.3, -0.25) is 14.6 Å². The molecule has 7 nitrogen and oxygen atoms in total. The van der Waals surface area contributed by atoms with Crippen LogP contribution in [-0.2, 0) is 11.2 Å². The minimum absolute atomic E-state index is 0.108. The average molecular weight is 496 g/mol. The van der Waals surface area contributed by atoms with E-state index in [9.17, 15) is 9.59 Å². The van der Waals surface area contributed by atoms with Gasteiger partial charge in [0.2, 0.25) is 0 Å². The lowest BCUT2D eigenvalue weighted by atomic mass is 9.94. The Bertz CT molecular complexity index is 1370. The van der Waals surface area contributed by atoms with Gasteiger partial charge in [-0.1, -0.05) is 18.6 Å². The van der Waals surface area contributed by atoms with E-state index in [1.54, 1.807) is 12.4 Å². The van der Waals surface area contributed by atoms with Gasteiger partial charge in [0.1, 0.15) is 0 Å². The molecule has 3 aliphatic heterocycles. The van der Waals surface area contributed by atoms with Crippen molar-refractivity contribution in [2.75, 3.05) is 38.0 Å². The molecule has 5 heterocycles. The van der Waals surface area contributed by atoms with Crippen molar-refractivity contribution in [2.45, 2.75) is 39.0 Å². The summed E-state index contributed by atoms with van der Waals surface area (Å²) >= 11 is 0. The molecular weight excluding hydrogens is 462 g/mol. The first kappa shape index (κ1) is 23.7. The SMILES string of the molecule is Cc1c(/C=C2\C(=O)Nc3cccc(-c4ccncc4)c32)[nH]c2c1C(=O)N(CCN1CCCCC1)CCC2. The number of likely N-dealkylation sites (tertiary alicyclic amines) is 1. The van der Waals surface area contributed by atoms with Crippen molar-refractivity contribution in [3.63, 3.8) is 0 Å². The number of aryl methyl sites for hydroxylation is 1. The second-order valence-electron chi connectivity index (χ2n) is 10.3. The van der Waals surface area contributed by atoms with Gasteiger partial charge in [-0.05, 0) is 86.7 Å². The molecule has 0 atom stereocenters. The molecule has 0 saturated carbocycles. The molecule has 6 rings (SSSR count). The van der Waals surface area contributed by atoms with Crippen LogP contribution in [0.5, 0.6) is 0 Å². The standard InChI is InChI=1S/C30H33N5O2/c1-20-26(19-23-28-22(21-10-12-31-13-11-21)7-5-8-25(28)33-29(23)36)32-24-9-6-16-35(30(37)27(20)24)18-17-34-14-3-2-4-15-34/h5,7-8,10-13,19,32H,2-4,6,9,14-18H2,1H3,(H,33,36)/b23-19-. The molecule has 1 aromatic carbocycles. The van der Waals surface area contributed by atoms with Gasteiger partial charge in [-0.15, -0.1) is 0 Å². The number of carbonyl (C=O) groups excluding carboxylic acids is 2. The Morgan fingerprint density at radius 3 is 2.57 bits per heavy atom. The first-order valence-corrected chi connectivity index (χ1v) is 13.4. The third-order valence-corrected chi connectivity index (χ3v) is 7.96. The van der Waals surface area contributed by atoms with Gasteiger partial charge in [-0.2, -0.15) is 0 Å². The number of anilines is 1. The predicted molar refractivity (Wildman–Crippen MR) is 146 cm³/mol. The van der Waals surface area contributed by atoms with Crippen LogP contribution in [0.4, 0.5) is 5.69 Å². The monoisotopic (exact) mass is 495 g/mol. The zero-order chi connectivity index (χ0) is 25.4. The molecule has 190 valence electrons. The van der Waals surface area contributed by atoms with E-state index in [2.05, 4.69) is 20.2 Å². The molecule has 3 aromatic rings. The van der Waals surface area contributed by atoms with Crippen LogP contribution in [0, 0.1) is 6.92 Å². The number of hydrogen-bond acceptors (Lipinski definition) is 4. The van der Waals surface area contributed by atoms with Crippen molar-refractivity contribution in [3.05, 3.63) is 70.8 Å². The number of H-pyrrole nitrogens is 1. The zero-order valence-electron chi connectivity index (χ0n) is 21.3. The lowest BCUT2D eigenvalue weighted by molar-refractivity contribution is -0.110. The van der Waals surface area contributed by atoms with Crippen LogP contribution in [0.1, 0.15) is 58.6 Å². The molecule has 1 fully saturated rings. The predicted octanol–water partition coefficient (Wildman–Crippen LogP) is 4.75. The molecule has 7 heteroatoms. The highest BCUT2D eigenvalue weighted by molar-refractivity contribution is 6.36. The second kappa shape index (κ2) is 9.98. The molecule has 0 unspecified atom stereocenters. The maximum Gasteiger partial charge on any atom is 0.256 e. The number of pyridine rings is 1. The number of nitrogens with one attached hydrogen (secondary N) is 2. The van der Waals surface area contributed by atoms with Crippen molar-refractivity contribution < 1.29 is 9.59 Å². The number of nitrogens with zero attached hydrogens (tertiary/aromatic N) is 3. The number of rotatable bonds is 5. The first-order valence-electron chi connectivity index (χ1n) is 13.4. The van der Waals surface area contributed by atoms with Gasteiger partial charge in [0.25, 0.3) is 11.8 Å². The Morgan fingerprint density at radius 1 is 0.946 bits per heavy atom. The first-order chi connectivity index (χ1) is 18.1. The Kier molecular flexibility index (Phi) is 6.38. The van der Waals surface area contributed by atoms with Gasteiger partial charge in [0.05, 0.1) is 11.1 Å². The van der Waals surface area contributed by atoms with E-state index in [1.165, 1.54) is 19.3 Å². The molecule has 0 aliphatic carbocycles. The Balaban J connectivity index is 1.32. The molecular formula is C30H33N5O2. The van der Waals surface area contributed by atoms with Gasteiger partial charge in [0, 0.05) is 54.7 Å². The molecule has 0 bridgehead atoms. The molecule has 2 aromatic heterocycles. The molecule has 0 radical (unpaired) electrons. The highest BCUT2D eigenvalue weighted by Gasteiger charge is 2.30.